The fourth-order valence-electron chi connectivity index (χ4n) is 3.19. The lowest BCUT2D eigenvalue weighted by Gasteiger charge is -2.47. The highest BCUT2D eigenvalue weighted by atomic mass is 35.5. The second-order valence-corrected chi connectivity index (χ2v) is 7.05. The van der Waals surface area contributed by atoms with Crippen molar-refractivity contribution in [1.29, 1.82) is 0 Å². The van der Waals surface area contributed by atoms with E-state index in [-0.39, 0.29) is 24.4 Å². The van der Waals surface area contributed by atoms with Gasteiger partial charge in [0.25, 0.3) is 5.91 Å². The zero-order valence-corrected chi connectivity index (χ0v) is 17.1. The van der Waals surface area contributed by atoms with E-state index in [9.17, 15) is 4.79 Å². The van der Waals surface area contributed by atoms with E-state index in [1.165, 1.54) is 0 Å². The molecule has 2 atom stereocenters. The number of carbonyl (C=O) groups is 1. The maximum atomic E-state index is 12.8. The molecule has 0 aromatic heterocycles. The molecule has 6 heteroatoms. The van der Waals surface area contributed by atoms with Crippen molar-refractivity contribution >= 4 is 23.2 Å². The van der Waals surface area contributed by atoms with Crippen molar-refractivity contribution in [2.75, 3.05) is 18.0 Å². The molecule has 146 valence electrons. The SMILES string of the molecule is CCCCNCC1C(Oc2ccc(Cl)cc2)C(=O)N1c1ccccc1C.[Cl-]. The summed E-state index contributed by atoms with van der Waals surface area (Å²) < 4.78 is 5.99. The number of hydrogen-bond acceptors (Lipinski definition) is 3. The Balaban J connectivity index is 0.00000261. The molecule has 2 unspecified atom stereocenters. The molecular weight excluding hydrogens is 383 g/mol. The van der Waals surface area contributed by atoms with Gasteiger partial charge in [0, 0.05) is 17.3 Å². The number of amides is 1. The first-order chi connectivity index (χ1) is 12.6. The Labute approximate surface area is 172 Å². The molecule has 2 aromatic rings. The van der Waals surface area contributed by atoms with E-state index in [0.29, 0.717) is 17.3 Å². The van der Waals surface area contributed by atoms with E-state index in [1.54, 1.807) is 24.3 Å². The summed E-state index contributed by atoms with van der Waals surface area (Å²) in [7, 11) is 0. The first-order valence-electron chi connectivity index (χ1n) is 9.13. The van der Waals surface area contributed by atoms with Crippen LogP contribution in [0.4, 0.5) is 5.69 Å². The van der Waals surface area contributed by atoms with Gasteiger partial charge in [0.2, 0.25) is 0 Å². The van der Waals surface area contributed by atoms with Crippen LogP contribution in [0.3, 0.4) is 0 Å². The van der Waals surface area contributed by atoms with Crippen molar-refractivity contribution in [3.8, 4) is 5.75 Å². The molecule has 1 aliphatic heterocycles. The van der Waals surface area contributed by atoms with Crippen molar-refractivity contribution < 1.29 is 21.9 Å². The van der Waals surface area contributed by atoms with Crippen molar-refractivity contribution in [3.63, 3.8) is 0 Å². The number of rotatable bonds is 8. The van der Waals surface area contributed by atoms with Gasteiger partial charge in [-0.2, -0.15) is 0 Å². The number of nitrogens with one attached hydrogen (secondary N) is 1. The van der Waals surface area contributed by atoms with Crippen LogP contribution in [0.2, 0.25) is 5.02 Å². The second-order valence-electron chi connectivity index (χ2n) is 6.61. The molecule has 0 bridgehead atoms. The molecule has 27 heavy (non-hydrogen) atoms. The Morgan fingerprint density at radius 1 is 1.15 bits per heavy atom. The molecular formula is C21H25Cl2N2O2-. The smallest absolute Gasteiger partial charge is 0.270 e. The predicted octanol–water partition coefficient (Wildman–Crippen LogP) is 1.20. The molecule has 2 aromatic carbocycles. The summed E-state index contributed by atoms with van der Waals surface area (Å²) in [6, 6.07) is 15.1. The van der Waals surface area contributed by atoms with E-state index in [4.69, 9.17) is 16.3 Å². The van der Waals surface area contributed by atoms with Gasteiger partial charge in [0.1, 0.15) is 5.75 Å². The second kappa shape index (κ2) is 9.98. The molecule has 1 heterocycles. The van der Waals surface area contributed by atoms with Gasteiger partial charge in [-0.15, -0.1) is 0 Å². The van der Waals surface area contributed by atoms with E-state index in [1.807, 2.05) is 36.1 Å². The van der Waals surface area contributed by atoms with Gasteiger partial charge in [-0.3, -0.25) is 4.79 Å². The van der Waals surface area contributed by atoms with E-state index in [2.05, 4.69) is 12.2 Å². The predicted molar refractivity (Wildman–Crippen MR) is 106 cm³/mol. The number of hydrogen-bond donors (Lipinski definition) is 1. The van der Waals surface area contributed by atoms with Crippen LogP contribution in [0, 0.1) is 6.92 Å². The average Bonchev–Trinajstić information content (AvgIpc) is 2.65. The number of ether oxygens (including phenoxy) is 1. The third-order valence-corrected chi connectivity index (χ3v) is 4.93. The molecule has 1 aliphatic rings. The summed E-state index contributed by atoms with van der Waals surface area (Å²) in [6.45, 7) is 5.84. The number of nitrogens with zero attached hydrogens (tertiary/aromatic N) is 1. The zero-order valence-electron chi connectivity index (χ0n) is 15.6. The molecule has 1 N–H and O–H groups in total. The summed E-state index contributed by atoms with van der Waals surface area (Å²) in [5.41, 5.74) is 2.04. The Hall–Kier alpha value is -1.75. The molecule has 3 rings (SSSR count). The third kappa shape index (κ3) is 4.95. The van der Waals surface area contributed by atoms with E-state index in [0.717, 1.165) is 30.6 Å². The number of aryl methyl sites for hydroxylation is 1. The summed E-state index contributed by atoms with van der Waals surface area (Å²) in [6.07, 6.45) is 1.78. The Kier molecular flexibility index (Phi) is 7.96. The molecule has 1 fully saturated rings. The monoisotopic (exact) mass is 407 g/mol. The Morgan fingerprint density at radius 3 is 2.52 bits per heavy atom. The van der Waals surface area contributed by atoms with Gasteiger partial charge in [-0.05, 0) is 55.8 Å². The van der Waals surface area contributed by atoms with Crippen LogP contribution >= 0.6 is 11.6 Å². The van der Waals surface area contributed by atoms with Crippen molar-refractivity contribution in [1.82, 2.24) is 5.32 Å². The third-order valence-electron chi connectivity index (χ3n) is 4.67. The lowest BCUT2D eigenvalue weighted by molar-refractivity contribution is -0.134. The summed E-state index contributed by atoms with van der Waals surface area (Å²) >= 11 is 5.93. The van der Waals surface area contributed by atoms with Crippen LogP contribution in [0.5, 0.6) is 5.75 Å². The largest absolute Gasteiger partial charge is 1.00 e. The number of β-lactam (4-membered cyclic amide) rings is 1. The van der Waals surface area contributed by atoms with Gasteiger partial charge >= 0.3 is 0 Å². The maximum absolute atomic E-state index is 12.8. The maximum Gasteiger partial charge on any atom is 0.270 e. The van der Waals surface area contributed by atoms with E-state index < -0.39 is 6.10 Å². The van der Waals surface area contributed by atoms with E-state index >= 15 is 0 Å². The van der Waals surface area contributed by atoms with Gasteiger partial charge in [0.15, 0.2) is 6.10 Å². The first-order valence-corrected chi connectivity index (χ1v) is 9.51. The minimum absolute atomic E-state index is 0. The first kappa shape index (κ1) is 21.5. The number of para-hydroxylation sites is 1. The number of halogens is 2. The van der Waals surface area contributed by atoms with Crippen LogP contribution in [0.25, 0.3) is 0 Å². The number of benzene rings is 2. The van der Waals surface area contributed by atoms with Gasteiger partial charge in [0.05, 0.1) is 6.04 Å². The van der Waals surface area contributed by atoms with Crippen molar-refractivity contribution in [2.24, 2.45) is 0 Å². The standard InChI is InChI=1S/C21H25ClN2O2.ClH/c1-3-4-13-23-14-19-20(26-17-11-9-16(22)10-12-17)21(25)24(19)18-8-6-5-7-15(18)2;/h5-12,19-20,23H,3-4,13-14H2,1-2H3;1H/p-1. The highest BCUT2D eigenvalue weighted by Crippen LogP contribution is 2.33. The minimum atomic E-state index is -0.482. The molecule has 0 aliphatic carbocycles. The molecule has 1 saturated heterocycles. The van der Waals surface area contributed by atoms with Crippen LogP contribution in [-0.2, 0) is 4.79 Å². The van der Waals surface area contributed by atoms with Crippen LogP contribution in [0.1, 0.15) is 25.3 Å². The lowest BCUT2D eigenvalue weighted by atomic mass is 9.95. The highest BCUT2D eigenvalue weighted by molar-refractivity contribution is 6.30. The minimum Gasteiger partial charge on any atom is -1.00 e. The Morgan fingerprint density at radius 2 is 1.85 bits per heavy atom. The molecule has 0 spiro atoms. The fraction of sp³-hybridized carbons (Fsp3) is 0.381. The lowest BCUT2D eigenvalue weighted by Crippen LogP contribution is -3.00. The molecule has 0 saturated carbocycles. The molecule has 1 amide bonds. The number of unbranched alkanes of at least 4 members (excludes halogenated alkanes) is 1. The van der Waals surface area contributed by atoms with Crippen LogP contribution in [0.15, 0.2) is 48.5 Å². The van der Waals surface area contributed by atoms with Crippen molar-refractivity contribution in [3.05, 3.63) is 59.1 Å². The number of anilines is 1. The van der Waals surface area contributed by atoms with Crippen molar-refractivity contribution in [2.45, 2.75) is 38.8 Å². The fourth-order valence-corrected chi connectivity index (χ4v) is 3.31. The molecule has 4 nitrogen and oxygen atoms in total. The number of carbonyl (C=O) groups excluding carboxylic acids is 1. The zero-order chi connectivity index (χ0) is 18.5. The van der Waals surface area contributed by atoms with Gasteiger partial charge in [-0.1, -0.05) is 43.1 Å². The molecule has 0 radical (unpaired) electrons. The summed E-state index contributed by atoms with van der Waals surface area (Å²) in [5, 5.41) is 4.11. The summed E-state index contributed by atoms with van der Waals surface area (Å²) in [4.78, 5) is 14.7. The quantitative estimate of drug-likeness (QED) is 0.528. The van der Waals surface area contributed by atoms with Gasteiger partial charge < -0.3 is 27.4 Å². The van der Waals surface area contributed by atoms with Crippen LogP contribution < -0.4 is 27.4 Å². The highest BCUT2D eigenvalue weighted by Gasteiger charge is 2.50. The average molecular weight is 408 g/mol. The van der Waals surface area contributed by atoms with Crippen LogP contribution in [-0.4, -0.2) is 31.1 Å². The van der Waals surface area contributed by atoms with Gasteiger partial charge in [-0.25, -0.2) is 0 Å². The normalized spacial score (nSPS) is 18.6. The topological polar surface area (TPSA) is 41.6 Å². The Bertz CT molecular complexity index is 752. The summed E-state index contributed by atoms with van der Waals surface area (Å²) in [5.74, 6) is 0.660.